The number of nitrogens with zero attached hydrogens (tertiary/aromatic N) is 1. The second-order valence-corrected chi connectivity index (χ2v) is 6.52. The minimum atomic E-state index is 0.313. The highest BCUT2D eigenvalue weighted by Gasteiger charge is 2.24. The molecular formula is C18H28N2O2. The number of benzene rings is 1. The lowest BCUT2D eigenvalue weighted by Gasteiger charge is -2.30. The van der Waals surface area contributed by atoms with Crippen LogP contribution in [0.5, 0.6) is 11.5 Å². The zero-order valence-electron chi connectivity index (χ0n) is 13.8. The molecular weight excluding hydrogens is 276 g/mol. The van der Waals surface area contributed by atoms with Crippen molar-refractivity contribution >= 4 is 0 Å². The molecule has 4 heteroatoms. The van der Waals surface area contributed by atoms with Crippen molar-refractivity contribution in [1.29, 1.82) is 0 Å². The van der Waals surface area contributed by atoms with Gasteiger partial charge in [0.15, 0.2) is 11.5 Å². The number of hydrogen-bond donors (Lipinski definition) is 1. The van der Waals surface area contributed by atoms with E-state index in [0.717, 1.165) is 50.5 Å². The van der Waals surface area contributed by atoms with Crippen LogP contribution in [0.1, 0.15) is 37.2 Å². The summed E-state index contributed by atoms with van der Waals surface area (Å²) >= 11 is 0. The first-order valence-corrected chi connectivity index (χ1v) is 8.50. The van der Waals surface area contributed by atoms with E-state index in [0.29, 0.717) is 12.0 Å². The van der Waals surface area contributed by atoms with Gasteiger partial charge in [-0.2, -0.15) is 0 Å². The first kappa shape index (κ1) is 15.6. The summed E-state index contributed by atoms with van der Waals surface area (Å²) in [6, 6.07) is 6.38. The molecule has 0 atom stereocenters. The van der Waals surface area contributed by atoms with E-state index < -0.39 is 0 Å². The highest BCUT2D eigenvalue weighted by atomic mass is 16.5. The van der Waals surface area contributed by atoms with Crippen LogP contribution in [-0.4, -0.2) is 51.3 Å². The molecule has 0 radical (unpaired) electrons. The number of para-hydroxylation sites is 1. The third-order valence-corrected chi connectivity index (χ3v) is 4.95. The lowest BCUT2D eigenvalue weighted by Crippen LogP contribution is -2.35. The monoisotopic (exact) mass is 304 g/mol. The van der Waals surface area contributed by atoms with Crippen molar-refractivity contribution in [2.45, 2.75) is 37.7 Å². The number of methoxy groups -OCH3 is 1. The first-order chi connectivity index (χ1) is 10.8. The predicted molar refractivity (Wildman–Crippen MR) is 89.0 cm³/mol. The summed E-state index contributed by atoms with van der Waals surface area (Å²) in [4.78, 5) is 2.36. The first-order valence-electron chi connectivity index (χ1n) is 8.50. The van der Waals surface area contributed by atoms with E-state index in [1.165, 1.54) is 18.4 Å². The molecule has 0 spiro atoms. The number of likely N-dealkylation sites (tertiary alicyclic amines) is 1. The average Bonchev–Trinajstić information content (AvgIpc) is 2.57. The molecule has 2 aliphatic heterocycles. The van der Waals surface area contributed by atoms with E-state index in [-0.39, 0.29) is 0 Å². The van der Waals surface area contributed by atoms with Gasteiger partial charge >= 0.3 is 0 Å². The molecule has 0 saturated carbocycles. The molecule has 2 heterocycles. The molecule has 0 aliphatic carbocycles. The Morgan fingerprint density at radius 2 is 1.82 bits per heavy atom. The van der Waals surface area contributed by atoms with Gasteiger partial charge < -0.3 is 19.7 Å². The fourth-order valence-corrected chi connectivity index (χ4v) is 3.58. The standard InChI is InChI=1S/C18H28N2O2/c1-20-12-8-15(9-13-20)22-17-5-3-4-16(18(17)21-2)14-6-10-19-11-7-14/h3-5,14-15,19H,6-13H2,1-2H3. The summed E-state index contributed by atoms with van der Waals surface area (Å²) in [5.74, 6) is 2.46. The third kappa shape index (κ3) is 3.55. The lowest BCUT2D eigenvalue weighted by molar-refractivity contribution is 0.111. The normalized spacial score (nSPS) is 21.7. The van der Waals surface area contributed by atoms with Crippen molar-refractivity contribution in [3.63, 3.8) is 0 Å². The molecule has 0 bridgehead atoms. The van der Waals surface area contributed by atoms with Crippen molar-refractivity contribution in [3.05, 3.63) is 23.8 Å². The maximum Gasteiger partial charge on any atom is 0.164 e. The Bertz CT molecular complexity index is 478. The highest BCUT2D eigenvalue weighted by Crippen LogP contribution is 2.39. The van der Waals surface area contributed by atoms with Crippen LogP contribution in [-0.2, 0) is 0 Å². The van der Waals surface area contributed by atoms with Crippen LogP contribution in [0.25, 0.3) is 0 Å². The molecule has 2 aliphatic rings. The Morgan fingerprint density at radius 3 is 2.50 bits per heavy atom. The minimum absolute atomic E-state index is 0.313. The number of hydrogen-bond acceptors (Lipinski definition) is 4. The lowest BCUT2D eigenvalue weighted by atomic mass is 9.89. The van der Waals surface area contributed by atoms with Crippen LogP contribution in [0.2, 0.25) is 0 Å². The largest absolute Gasteiger partial charge is 0.493 e. The zero-order chi connectivity index (χ0) is 15.4. The molecule has 1 aromatic carbocycles. The van der Waals surface area contributed by atoms with Gasteiger partial charge in [0.05, 0.1) is 7.11 Å². The summed E-state index contributed by atoms with van der Waals surface area (Å²) in [6.45, 7) is 4.41. The summed E-state index contributed by atoms with van der Waals surface area (Å²) in [7, 11) is 3.94. The molecule has 122 valence electrons. The van der Waals surface area contributed by atoms with Gasteiger partial charge in [0.1, 0.15) is 6.10 Å². The van der Waals surface area contributed by atoms with Gasteiger partial charge in [-0.3, -0.25) is 0 Å². The van der Waals surface area contributed by atoms with E-state index in [9.17, 15) is 0 Å². The van der Waals surface area contributed by atoms with Crippen LogP contribution in [0.4, 0.5) is 0 Å². The highest BCUT2D eigenvalue weighted by molar-refractivity contribution is 5.48. The molecule has 1 aromatic rings. The van der Waals surface area contributed by atoms with Crippen LogP contribution >= 0.6 is 0 Å². The van der Waals surface area contributed by atoms with Gasteiger partial charge in [-0.15, -0.1) is 0 Å². The molecule has 4 nitrogen and oxygen atoms in total. The molecule has 22 heavy (non-hydrogen) atoms. The van der Waals surface area contributed by atoms with E-state index in [2.05, 4.69) is 35.5 Å². The maximum absolute atomic E-state index is 6.29. The fourth-order valence-electron chi connectivity index (χ4n) is 3.58. The van der Waals surface area contributed by atoms with Crippen LogP contribution in [0.3, 0.4) is 0 Å². The smallest absolute Gasteiger partial charge is 0.164 e. The third-order valence-electron chi connectivity index (χ3n) is 4.95. The van der Waals surface area contributed by atoms with E-state index >= 15 is 0 Å². The molecule has 0 unspecified atom stereocenters. The van der Waals surface area contributed by atoms with E-state index in [4.69, 9.17) is 9.47 Å². The second-order valence-electron chi connectivity index (χ2n) is 6.52. The van der Waals surface area contributed by atoms with Crippen molar-refractivity contribution in [1.82, 2.24) is 10.2 Å². The summed E-state index contributed by atoms with van der Waals surface area (Å²) in [5.41, 5.74) is 1.31. The van der Waals surface area contributed by atoms with Gasteiger partial charge in [0.25, 0.3) is 0 Å². The van der Waals surface area contributed by atoms with Gasteiger partial charge in [-0.05, 0) is 57.8 Å². The Balaban J connectivity index is 1.75. The SMILES string of the molecule is COc1c(OC2CCN(C)CC2)cccc1C1CCNCC1. The molecule has 2 saturated heterocycles. The number of ether oxygens (including phenoxy) is 2. The Hall–Kier alpha value is -1.26. The Labute approximate surface area is 133 Å². The van der Waals surface area contributed by atoms with Crippen LogP contribution in [0.15, 0.2) is 18.2 Å². The second kappa shape index (κ2) is 7.34. The van der Waals surface area contributed by atoms with Crippen LogP contribution in [0, 0.1) is 0 Å². The van der Waals surface area contributed by atoms with Gasteiger partial charge in [0.2, 0.25) is 0 Å². The average molecular weight is 304 g/mol. The maximum atomic E-state index is 6.29. The van der Waals surface area contributed by atoms with Gasteiger partial charge in [-0.25, -0.2) is 0 Å². The topological polar surface area (TPSA) is 33.7 Å². The predicted octanol–water partition coefficient (Wildman–Crippen LogP) is 2.64. The van der Waals surface area contributed by atoms with Crippen molar-refractivity contribution < 1.29 is 9.47 Å². The Kier molecular flexibility index (Phi) is 5.21. The van der Waals surface area contributed by atoms with E-state index in [1.807, 2.05) is 0 Å². The van der Waals surface area contributed by atoms with Crippen LogP contribution < -0.4 is 14.8 Å². The fraction of sp³-hybridized carbons (Fsp3) is 0.667. The quantitative estimate of drug-likeness (QED) is 0.927. The molecule has 0 amide bonds. The Morgan fingerprint density at radius 1 is 1.09 bits per heavy atom. The van der Waals surface area contributed by atoms with Crippen molar-refractivity contribution in [2.75, 3.05) is 40.3 Å². The number of piperidine rings is 2. The van der Waals surface area contributed by atoms with Crippen molar-refractivity contribution in [3.8, 4) is 11.5 Å². The summed E-state index contributed by atoms with van der Waals surface area (Å²) in [6.07, 6.45) is 4.85. The molecule has 0 aromatic heterocycles. The minimum Gasteiger partial charge on any atom is -0.493 e. The molecule has 3 rings (SSSR count). The molecule has 2 fully saturated rings. The zero-order valence-corrected chi connectivity index (χ0v) is 13.8. The summed E-state index contributed by atoms with van der Waals surface area (Å²) < 4.78 is 12.0. The molecule has 1 N–H and O–H groups in total. The number of rotatable bonds is 4. The van der Waals surface area contributed by atoms with Crippen molar-refractivity contribution in [2.24, 2.45) is 0 Å². The van der Waals surface area contributed by atoms with E-state index in [1.54, 1.807) is 7.11 Å². The van der Waals surface area contributed by atoms with Gasteiger partial charge in [0, 0.05) is 18.7 Å². The summed E-state index contributed by atoms with van der Waals surface area (Å²) in [5, 5.41) is 3.43. The number of nitrogens with one attached hydrogen (secondary N) is 1. The van der Waals surface area contributed by atoms with Gasteiger partial charge in [-0.1, -0.05) is 12.1 Å².